The number of hydrogen-bond acceptors (Lipinski definition) is 5. The van der Waals surface area contributed by atoms with Crippen LogP contribution in [-0.2, 0) is 0 Å². The summed E-state index contributed by atoms with van der Waals surface area (Å²) in [5.74, 6) is 0.347. The molecule has 26 heavy (non-hydrogen) atoms. The number of carbonyl (C=O) groups is 1. The van der Waals surface area contributed by atoms with Gasteiger partial charge in [0.25, 0.3) is 0 Å². The summed E-state index contributed by atoms with van der Waals surface area (Å²) < 4.78 is 11.4. The summed E-state index contributed by atoms with van der Waals surface area (Å²) in [5, 5.41) is 20.4. The number of ketones is 1. The minimum Gasteiger partial charge on any atom is -0.507 e. The number of ether oxygens (including phenoxy) is 2. The number of phenolic OH excluding ortho intramolecular Hbond substituents is 1. The maximum Gasteiger partial charge on any atom is 0.174 e. The molecule has 2 aromatic rings. The van der Waals surface area contributed by atoms with E-state index in [9.17, 15) is 15.0 Å². The second kappa shape index (κ2) is 6.84. The van der Waals surface area contributed by atoms with Crippen LogP contribution in [0, 0.1) is 0 Å². The number of hydrogen-bond donors (Lipinski definition) is 2. The Balaban J connectivity index is 2.14. The van der Waals surface area contributed by atoms with Crippen LogP contribution in [0.15, 0.2) is 42.5 Å². The van der Waals surface area contributed by atoms with E-state index in [-0.39, 0.29) is 29.5 Å². The molecule has 5 nitrogen and oxygen atoms in total. The number of phenols is 1. The Hall–Kier alpha value is -2.79. The van der Waals surface area contributed by atoms with E-state index < -0.39 is 11.7 Å². The first kappa shape index (κ1) is 18.0. The van der Waals surface area contributed by atoms with Crippen LogP contribution in [0.5, 0.6) is 17.2 Å². The zero-order valence-electron chi connectivity index (χ0n) is 15.0. The summed E-state index contributed by atoms with van der Waals surface area (Å²) in [4.78, 5) is 12.8. The number of carbonyl (C=O) groups excluding carboxylic acids is 1. The fourth-order valence-electron chi connectivity index (χ4n) is 2.94. The Kier molecular flexibility index (Phi) is 4.74. The van der Waals surface area contributed by atoms with Crippen LogP contribution in [0.3, 0.4) is 0 Å². The van der Waals surface area contributed by atoms with Gasteiger partial charge in [-0.05, 0) is 25.5 Å². The Morgan fingerprint density at radius 3 is 2.58 bits per heavy atom. The lowest BCUT2D eigenvalue weighted by molar-refractivity contribution is 0.0843. The van der Waals surface area contributed by atoms with Crippen molar-refractivity contribution in [2.75, 3.05) is 7.11 Å². The van der Waals surface area contributed by atoms with E-state index in [0.717, 1.165) is 5.56 Å². The van der Waals surface area contributed by atoms with Crippen molar-refractivity contribution in [1.82, 2.24) is 0 Å². The van der Waals surface area contributed by atoms with E-state index in [1.165, 1.54) is 19.3 Å². The van der Waals surface area contributed by atoms with Crippen LogP contribution in [0.1, 0.15) is 47.9 Å². The molecule has 1 heterocycles. The Morgan fingerprint density at radius 1 is 1.27 bits per heavy atom. The predicted octanol–water partition coefficient (Wildman–Crippen LogP) is 3.89. The highest BCUT2D eigenvalue weighted by atomic mass is 16.5. The van der Waals surface area contributed by atoms with E-state index in [1.807, 2.05) is 30.3 Å². The number of aromatic hydroxyl groups is 1. The van der Waals surface area contributed by atoms with E-state index in [0.29, 0.717) is 11.1 Å². The van der Waals surface area contributed by atoms with Crippen LogP contribution in [0.4, 0.5) is 0 Å². The number of Topliss-reactive ketones (excluding diaryl/α,β-unsaturated/α-hetero) is 1. The maximum atomic E-state index is 12.8. The third-order valence-electron chi connectivity index (χ3n) is 4.22. The SMILES string of the molecule is COc1cc(O)c(/C=C\C(C)(C)O)c2c1C(=O)C[C@@H](c1ccccc1)O2. The normalized spacial score (nSPS) is 17.1. The van der Waals surface area contributed by atoms with Gasteiger partial charge in [0.2, 0.25) is 0 Å². The van der Waals surface area contributed by atoms with Crippen molar-refractivity contribution < 1.29 is 24.5 Å². The number of benzene rings is 2. The first-order chi connectivity index (χ1) is 12.3. The van der Waals surface area contributed by atoms with Crippen LogP contribution >= 0.6 is 0 Å². The van der Waals surface area contributed by atoms with Gasteiger partial charge in [0.1, 0.15) is 28.9 Å². The van der Waals surface area contributed by atoms with Crippen molar-refractivity contribution in [3.05, 3.63) is 59.2 Å². The molecule has 0 radical (unpaired) electrons. The van der Waals surface area contributed by atoms with E-state index >= 15 is 0 Å². The van der Waals surface area contributed by atoms with E-state index in [2.05, 4.69) is 0 Å². The van der Waals surface area contributed by atoms with Gasteiger partial charge in [-0.25, -0.2) is 0 Å². The largest absolute Gasteiger partial charge is 0.507 e. The van der Waals surface area contributed by atoms with E-state index in [4.69, 9.17) is 9.47 Å². The minimum atomic E-state index is -1.07. The van der Waals surface area contributed by atoms with Crippen LogP contribution in [-0.4, -0.2) is 28.7 Å². The van der Waals surface area contributed by atoms with Gasteiger partial charge < -0.3 is 19.7 Å². The van der Waals surface area contributed by atoms with Crippen molar-refractivity contribution >= 4 is 11.9 Å². The lowest BCUT2D eigenvalue weighted by Crippen LogP contribution is -2.22. The smallest absolute Gasteiger partial charge is 0.174 e. The van der Waals surface area contributed by atoms with Crippen LogP contribution in [0.2, 0.25) is 0 Å². The van der Waals surface area contributed by atoms with Gasteiger partial charge in [0.05, 0.1) is 24.7 Å². The highest BCUT2D eigenvalue weighted by molar-refractivity contribution is 6.04. The molecule has 0 fully saturated rings. The first-order valence-electron chi connectivity index (χ1n) is 8.40. The summed E-state index contributed by atoms with van der Waals surface area (Å²) in [6.07, 6.45) is 2.84. The molecule has 2 N–H and O–H groups in total. The second-order valence-electron chi connectivity index (χ2n) is 6.85. The number of methoxy groups -OCH3 is 1. The van der Waals surface area contributed by atoms with E-state index in [1.54, 1.807) is 19.9 Å². The minimum absolute atomic E-state index is 0.0809. The molecule has 0 spiro atoms. The average molecular weight is 354 g/mol. The van der Waals surface area contributed by atoms with Crippen molar-refractivity contribution in [3.63, 3.8) is 0 Å². The fourth-order valence-corrected chi connectivity index (χ4v) is 2.94. The molecule has 0 saturated carbocycles. The standard InChI is InChI=1S/C21H22O5/c1-21(2,24)10-9-14-15(22)11-18(25-3)19-16(23)12-17(26-20(14)19)13-7-5-4-6-8-13/h4-11,17,22,24H,12H2,1-3H3/b10-9-/t17-/m0/s1. The lowest BCUT2D eigenvalue weighted by Gasteiger charge is -2.28. The van der Waals surface area contributed by atoms with Gasteiger partial charge in [-0.1, -0.05) is 36.4 Å². The molecule has 0 aliphatic carbocycles. The fraction of sp³-hybridized carbons (Fsp3) is 0.286. The highest BCUT2D eigenvalue weighted by Gasteiger charge is 2.33. The molecule has 0 aromatic heterocycles. The molecular weight excluding hydrogens is 332 g/mol. The van der Waals surface area contributed by atoms with Gasteiger partial charge in [-0.3, -0.25) is 4.79 Å². The third-order valence-corrected chi connectivity index (χ3v) is 4.22. The van der Waals surface area contributed by atoms with Crippen molar-refractivity contribution in [3.8, 4) is 17.2 Å². The maximum absolute atomic E-state index is 12.8. The first-order valence-corrected chi connectivity index (χ1v) is 8.40. The summed E-state index contributed by atoms with van der Waals surface area (Å²) >= 11 is 0. The molecule has 2 aromatic carbocycles. The van der Waals surface area contributed by atoms with Gasteiger partial charge in [0, 0.05) is 6.07 Å². The average Bonchev–Trinajstić information content (AvgIpc) is 2.59. The predicted molar refractivity (Wildman–Crippen MR) is 98.7 cm³/mol. The molecule has 0 amide bonds. The molecular formula is C21H22O5. The quantitative estimate of drug-likeness (QED) is 0.871. The molecule has 136 valence electrons. The van der Waals surface area contributed by atoms with Crippen LogP contribution in [0.25, 0.3) is 6.08 Å². The molecule has 0 unspecified atom stereocenters. The Morgan fingerprint density at radius 2 is 1.96 bits per heavy atom. The zero-order valence-corrected chi connectivity index (χ0v) is 15.0. The monoisotopic (exact) mass is 354 g/mol. The summed E-state index contributed by atoms with van der Waals surface area (Å²) in [5.41, 5.74) is 0.465. The van der Waals surface area contributed by atoms with Gasteiger partial charge in [0.15, 0.2) is 5.78 Å². The molecule has 1 aliphatic heterocycles. The second-order valence-corrected chi connectivity index (χ2v) is 6.85. The Labute approximate surface area is 152 Å². The van der Waals surface area contributed by atoms with Crippen molar-refractivity contribution in [1.29, 1.82) is 0 Å². The number of rotatable bonds is 4. The summed E-state index contributed by atoms with van der Waals surface area (Å²) in [6, 6.07) is 10.9. The Bertz CT molecular complexity index is 847. The topological polar surface area (TPSA) is 76.0 Å². The molecule has 0 saturated heterocycles. The molecule has 1 aliphatic rings. The van der Waals surface area contributed by atoms with Gasteiger partial charge in [-0.15, -0.1) is 0 Å². The molecule has 3 rings (SSSR count). The van der Waals surface area contributed by atoms with Gasteiger partial charge >= 0.3 is 0 Å². The third kappa shape index (κ3) is 3.58. The highest BCUT2D eigenvalue weighted by Crippen LogP contribution is 2.46. The van der Waals surface area contributed by atoms with Crippen molar-refractivity contribution in [2.45, 2.75) is 32.0 Å². The lowest BCUT2D eigenvalue weighted by atomic mass is 9.92. The molecule has 5 heteroatoms. The summed E-state index contributed by atoms with van der Waals surface area (Å²) in [7, 11) is 1.44. The number of aliphatic hydroxyl groups is 1. The molecule has 1 atom stereocenters. The van der Waals surface area contributed by atoms with Gasteiger partial charge in [-0.2, -0.15) is 0 Å². The summed E-state index contributed by atoms with van der Waals surface area (Å²) in [6.45, 7) is 3.24. The molecule has 0 bridgehead atoms. The van der Waals surface area contributed by atoms with Crippen molar-refractivity contribution in [2.24, 2.45) is 0 Å². The number of fused-ring (bicyclic) bond motifs is 1. The zero-order chi connectivity index (χ0) is 18.9. The van der Waals surface area contributed by atoms with Crippen LogP contribution < -0.4 is 9.47 Å².